The van der Waals surface area contributed by atoms with Gasteiger partial charge in [-0.25, -0.2) is 14.8 Å². The van der Waals surface area contributed by atoms with E-state index in [-0.39, 0.29) is 12.1 Å². The Bertz CT molecular complexity index is 683. The van der Waals surface area contributed by atoms with Crippen molar-refractivity contribution in [1.29, 1.82) is 0 Å². The van der Waals surface area contributed by atoms with E-state index in [0.29, 0.717) is 12.5 Å². The molecule has 0 bridgehead atoms. The Balaban J connectivity index is 1.41. The zero-order valence-electron chi connectivity index (χ0n) is 13.7. The zero-order chi connectivity index (χ0) is 16.4. The van der Waals surface area contributed by atoms with Crippen LogP contribution < -0.4 is 5.32 Å². The summed E-state index contributed by atoms with van der Waals surface area (Å²) in [5.41, 5.74) is 0. The first-order valence-corrected chi connectivity index (χ1v) is 9.66. The molecule has 128 valence electrons. The van der Waals surface area contributed by atoms with Crippen LogP contribution in [0.3, 0.4) is 0 Å². The van der Waals surface area contributed by atoms with Gasteiger partial charge in [0.2, 0.25) is 0 Å². The highest BCUT2D eigenvalue weighted by molar-refractivity contribution is 7.09. The second-order valence-electron chi connectivity index (χ2n) is 6.58. The van der Waals surface area contributed by atoms with Crippen LogP contribution >= 0.6 is 11.3 Å². The van der Waals surface area contributed by atoms with E-state index in [0.717, 1.165) is 56.0 Å². The van der Waals surface area contributed by atoms with Gasteiger partial charge in [0.1, 0.15) is 10.8 Å². The summed E-state index contributed by atoms with van der Waals surface area (Å²) in [6.07, 6.45) is 11.2. The number of amides is 2. The molecule has 2 amide bonds. The molecule has 7 heteroatoms. The predicted octanol–water partition coefficient (Wildman–Crippen LogP) is 3.15. The van der Waals surface area contributed by atoms with Crippen molar-refractivity contribution in [2.45, 2.75) is 50.6 Å². The van der Waals surface area contributed by atoms with E-state index in [1.165, 1.54) is 0 Å². The van der Waals surface area contributed by atoms with Crippen molar-refractivity contribution in [2.75, 3.05) is 13.1 Å². The largest absolute Gasteiger partial charge is 0.337 e. The zero-order valence-corrected chi connectivity index (χ0v) is 14.5. The summed E-state index contributed by atoms with van der Waals surface area (Å²) in [5.74, 6) is 1.43. The fourth-order valence-electron chi connectivity index (χ4n) is 3.84. The van der Waals surface area contributed by atoms with Crippen molar-refractivity contribution in [3.8, 4) is 0 Å². The number of carbonyl (C=O) groups excluding carboxylic acids is 1. The fourth-order valence-corrected chi connectivity index (χ4v) is 4.63. The topological polar surface area (TPSA) is 63.1 Å². The van der Waals surface area contributed by atoms with Gasteiger partial charge in [0.25, 0.3) is 0 Å². The number of nitrogens with one attached hydrogen (secondary N) is 1. The Hall–Kier alpha value is -1.89. The molecule has 1 saturated heterocycles. The van der Waals surface area contributed by atoms with Crippen molar-refractivity contribution in [1.82, 2.24) is 24.8 Å². The molecule has 2 aromatic heterocycles. The summed E-state index contributed by atoms with van der Waals surface area (Å²) >= 11 is 1.64. The van der Waals surface area contributed by atoms with Crippen molar-refractivity contribution in [3.63, 3.8) is 0 Å². The molecular weight excluding hydrogens is 322 g/mol. The van der Waals surface area contributed by atoms with Crippen LogP contribution in [0.2, 0.25) is 0 Å². The van der Waals surface area contributed by atoms with Gasteiger partial charge in [-0.1, -0.05) is 0 Å². The summed E-state index contributed by atoms with van der Waals surface area (Å²) < 4.78 is 2.21. The third-order valence-electron chi connectivity index (χ3n) is 5.06. The van der Waals surface area contributed by atoms with Crippen LogP contribution in [-0.4, -0.2) is 38.6 Å². The van der Waals surface area contributed by atoms with Crippen molar-refractivity contribution >= 4 is 17.4 Å². The molecule has 0 aromatic carbocycles. The van der Waals surface area contributed by atoms with E-state index in [4.69, 9.17) is 0 Å². The molecule has 6 nitrogen and oxygen atoms in total. The van der Waals surface area contributed by atoms with Gasteiger partial charge in [0.05, 0.1) is 6.04 Å². The molecule has 0 saturated carbocycles. The number of likely N-dealkylation sites (tertiary alicyclic amines) is 1. The first kappa shape index (κ1) is 15.6. The summed E-state index contributed by atoms with van der Waals surface area (Å²) in [7, 11) is 0. The Morgan fingerprint density at radius 1 is 1.21 bits per heavy atom. The molecule has 0 spiro atoms. The maximum absolute atomic E-state index is 12.8. The Labute approximate surface area is 145 Å². The first-order valence-electron chi connectivity index (χ1n) is 8.78. The molecule has 2 aliphatic heterocycles. The highest BCUT2D eigenvalue weighted by Crippen LogP contribution is 2.32. The molecule has 4 heterocycles. The first-order chi connectivity index (χ1) is 11.8. The molecule has 4 rings (SSSR count). The quantitative estimate of drug-likeness (QED) is 0.929. The number of imidazole rings is 1. The van der Waals surface area contributed by atoms with Gasteiger partial charge in [-0.15, -0.1) is 11.3 Å². The lowest BCUT2D eigenvalue weighted by atomic mass is 9.99. The third kappa shape index (κ3) is 3.05. The van der Waals surface area contributed by atoms with Gasteiger partial charge in [0.15, 0.2) is 0 Å². The minimum Gasteiger partial charge on any atom is -0.337 e. The van der Waals surface area contributed by atoms with E-state index in [1.54, 1.807) is 11.3 Å². The van der Waals surface area contributed by atoms with Crippen LogP contribution in [0.5, 0.6) is 0 Å². The molecule has 1 fully saturated rings. The summed E-state index contributed by atoms with van der Waals surface area (Å²) in [5, 5.41) is 6.20. The average Bonchev–Trinajstić information content (AvgIpc) is 3.31. The van der Waals surface area contributed by atoms with Crippen LogP contribution in [0.1, 0.15) is 54.9 Å². The smallest absolute Gasteiger partial charge is 0.318 e. The highest BCUT2D eigenvalue weighted by Gasteiger charge is 2.30. The van der Waals surface area contributed by atoms with E-state index >= 15 is 0 Å². The number of hydrogen-bond donors (Lipinski definition) is 1. The maximum atomic E-state index is 12.8. The van der Waals surface area contributed by atoms with Crippen molar-refractivity contribution in [3.05, 3.63) is 34.8 Å². The van der Waals surface area contributed by atoms with E-state index < -0.39 is 0 Å². The number of thiazole rings is 1. The van der Waals surface area contributed by atoms with Crippen LogP contribution in [0.15, 0.2) is 24.0 Å². The number of nitrogens with zero attached hydrogens (tertiary/aromatic N) is 4. The Morgan fingerprint density at radius 3 is 3.04 bits per heavy atom. The fraction of sp³-hybridized carbons (Fsp3) is 0.588. The van der Waals surface area contributed by atoms with Crippen LogP contribution in [0.25, 0.3) is 0 Å². The average molecular weight is 345 g/mol. The minimum absolute atomic E-state index is 0.0404. The normalized spacial score (nSPS) is 23.8. The van der Waals surface area contributed by atoms with Gasteiger partial charge in [-0.3, -0.25) is 0 Å². The molecule has 2 atom stereocenters. The molecule has 2 unspecified atom stereocenters. The third-order valence-corrected chi connectivity index (χ3v) is 5.94. The molecule has 24 heavy (non-hydrogen) atoms. The molecular formula is C17H23N5OS. The molecule has 0 radical (unpaired) electrons. The number of aryl methyl sites for hydroxylation is 1. The Morgan fingerprint density at radius 2 is 2.17 bits per heavy atom. The number of carbonyl (C=O) groups is 1. The van der Waals surface area contributed by atoms with Gasteiger partial charge < -0.3 is 14.8 Å². The monoisotopic (exact) mass is 345 g/mol. The Kier molecular flexibility index (Phi) is 4.51. The van der Waals surface area contributed by atoms with Gasteiger partial charge in [-0.05, 0) is 32.1 Å². The summed E-state index contributed by atoms with van der Waals surface area (Å²) in [6.45, 7) is 2.52. The molecule has 2 aliphatic rings. The molecule has 1 N–H and O–H groups in total. The number of urea groups is 1. The van der Waals surface area contributed by atoms with Crippen LogP contribution in [0, 0.1) is 0 Å². The number of piperidine rings is 1. The lowest BCUT2D eigenvalue weighted by Crippen LogP contribution is -2.46. The summed E-state index contributed by atoms with van der Waals surface area (Å²) in [4.78, 5) is 23.6. The second-order valence-corrected chi connectivity index (χ2v) is 7.51. The predicted molar refractivity (Wildman–Crippen MR) is 93.0 cm³/mol. The highest BCUT2D eigenvalue weighted by atomic mass is 32.1. The number of hydrogen-bond acceptors (Lipinski definition) is 4. The van der Waals surface area contributed by atoms with Gasteiger partial charge in [-0.2, -0.15) is 0 Å². The summed E-state index contributed by atoms with van der Waals surface area (Å²) in [6, 6.07) is 0.172. The minimum atomic E-state index is 0.0404. The van der Waals surface area contributed by atoms with Crippen LogP contribution in [0.4, 0.5) is 4.79 Å². The van der Waals surface area contributed by atoms with E-state index in [2.05, 4.69) is 19.9 Å². The number of aromatic nitrogens is 3. The SMILES string of the molecule is O=C(NCC1CCCn2ccnc21)N1CCCCC1c1nccs1. The van der Waals surface area contributed by atoms with Gasteiger partial charge >= 0.3 is 6.03 Å². The van der Waals surface area contributed by atoms with Crippen molar-refractivity contribution < 1.29 is 4.79 Å². The lowest BCUT2D eigenvalue weighted by molar-refractivity contribution is 0.150. The standard InChI is InChI=1S/C17H23N5OS/c23-17(20-12-13-4-3-8-21-10-6-18-15(13)21)22-9-2-1-5-14(22)16-19-7-11-24-16/h6-7,10-11,13-14H,1-5,8-9,12H2,(H,20,23). The van der Waals surface area contributed by atoms with E-state index in [9.17, 15) is 4.79 Å². The van der Waals surface area contributed by atoms with E-state index in [1.807, 2.05) is 28.9 Å². The molecule has 0 aliphatic carbocycles. The number of rotatable bonds is 3. The lowest BCUT2D eigenvalue weighted by Gasteiger charge is -2.35. The number of fused-ring (bicyclic) bond motifs is 1. The molecule has 2 aromatic rings. The van der Waals surface area contributed by atoms with Crippen molar-refractivity contribution in [2.24, 2.45) is 0 Å². The second kappa shape index (κ2) is 6.93. The van der Waals surface area contributed by atoms with Crippen LogP contribution in [-0.2, 0) is 6.54 Å². The van der Waals surface area contributed by atoms with Gasteiger partial charge in [0, 0.05) is 49.5 Å². The maximum Gasteiger partial charge on any atom is 0.318 e.